The van der Waals surface area contributed by atoms with Gasteiger partial charge in [0.15, 0.2) is 0 Å². The molecule has 0 aliphatic heterocycles. The zero-order valence-corrected chi connectivity index (χ0v) is 8.87. The minimum Gasteiger partial charge on any atom is -0.462 e. The molecule has 0 saturated heterocycles. The summed E-state index contributed by atoms with van der Waals surface area (Å²) in [5.74, 6) is -1.22. The molecule has 0 atom stereocenters. The number of carbonyl (C=O) groups excluding carboxylic acids is 1. The standard InChI is InChI=1S/C10H8N2O5/c1-2-16-10(13)7(6-11)5-8-3-4-9(17-8)12(14)15/h3-5H,2H2,1H3/b7-5+. The Morgan fingerprint density at radius 2 is 2.41 bits per heavy atom. The highest BCUT2D eigenvalue weighted by Gasteiger charge is 2.14. The molecule has 1 heterocycles. The lowest BCUT2D eigenvalue weighted by molar-refractivity contribution is -0.402. The number of nitro groups is 1. The predicted octanol–water partition coefficient (Wildman–Crippen LogP) is 1.66. The molecule has 0 aliphatic rings. The van der Waals surface area contributed by atoms with E-state index in [1.807, 2.05) is 0 Å². The van der Waals surface area contributed by atoms with Crippen LogP contribution in [-0.4, -0.2) is 17.5 Å². The molecule has 0 radical (unpaired) electrons. The number of rotatable bonds is 4. The summed E-state index contributed by atoms with van der Waals surface area (Å²) in [6.45, 7) is 1.74. The largest absolute Gasteiger partial charge is 0.462 e. The Balaban J connectivity index is 2.95. The van der Waals surface area contributed by atoms with Crippen LogP contribution in [0.1, 0.15) is 12.7 Å². The number of nitriles is 1. The lowest BCUT2D eigenvalue weighted by atomic mass is 10.2. The monoisotopic (exact) mass is 236 g/mol. The lowest BCUT2D eigenvalue weighted by Crippen LogP contribution is -2.05. The van der Waals surface area contributed by atoms with E-state index < -0.39 is 16.8 Å². The van der Waals surface area contributed by atoms with E-state index in [-0.39, 0.29) is 17.9 Å². The topological polar surface area (TPSA) is 106 Å². The Hall–Kier alpha value is -2.62. The van der Waals surface area contributed by atoms with Crippen molar-refractivity contribution < 1.29 is 18.9 Å². The van der Waals surface area contributed by atoms with Crippen LogP contribution in [0.2, 0.25) is 0 Å². The van der Waals surface area contributed by atoms with Gasteiger partial charge in [0.25, 0.3) is 0 Å². The molecule has 1 aromatic heterocycles. The first-order valence-electron chi connectivity index (χ1n) is 4.61. The smallest absolute Gasteiger partial charge is 0.433 e. The molecule has 7 heteroatoms. The fraction of sp³-hybridized carbons (Fsp3) is 0.200. The molecule has 7 nitrogen and oxygen atoms in total. The first-order chi connectivity index (χ1) is 8.08. The summed E-state index contributed by atoms with van der Waals surface area (Å²) >= 11 is 0. The van der Waals surface area contributed by atoms with Crippen molar-refractivity contribution in [3.05, 3.63) is 33.6 Å². The number of furan rings is 1. The maximum atomic E-state index is 11.2. The molecule has 0 saturated carbocycles. The van der Waals surface area contributed by atoms with Gasteiger partial charge < -0.3 is 9.15 Å². The average Bonchev–Trinajstić information content (AvgIpc) is 2.74. The van der Waals surface area contributed by atoms with Crippen molar-refractivity contribution in [1.82, 2.24) is 0 Å². The van der Waals surface area contributed by atoms with E-state index in [2.05, 4.69) is 4.74 Å². The number of carbonyl (C=O) groups is 1. The molecule has 0 amide bonds. The molecule has 0 N–H and O–H groups in total. The van der Waals surface area contributed by atoms with Gasteiger partial charge in [0, 0.05) is 6.08 Å². The number of esters is 1. The van der Waals surface area contributed by atoms with E-state index in [1.165, 1.54) is 6.07 Å². The molecular weight excluding hydrogens is 228 g/mol. The third-order valence-electron chi connectivity index (χ3n) is 1.69. The summed E-state index contributed by atoms with van der Waals surface area (Å²) in [4.78, 5) is 20.9. The van der Waals surface area contributed by atoms with Gasteiger partial charge in [0.1, 0.15) is 22.3 Å². The number of hydrogen-bond acceptors (Lipinski definition) is 6. The molecule has 1 aromatic rings. The van der Waals surface area contributed by atoms with Gasteiger partial charge in [-0.15, -0.1) is 0 Å². The van der Waals surface area contributed by atoms with Crippen LogP contribution in [0.5, 0.6) is 0 Å². The highest BCUT2D eigenvalue weighted by Crippen LogP contribution is 2.18. The number of hydrogen-bond donors (Lipinski definition) is 0. The molecule has 0 bridgehead atoms. The first kappa shape index (κ1) is 12.4. The SMILES string of the molecule is CCOC(=O)/C(C#N)=C/c1ccc([N+](=O)[O-])o1. The molecule has 0 aromatic carbocycles. The van der Waals surface area contributed by atoms with Gasteiger partial charge in [-0.25, -0.2) is 4.79 Å². The van der Waals surface area contributed by atoms with Gasteiger partial charge in [-0.1, -0.05) is 0 Å². The zero-order chi connectivity index (χ0) is 12.8. The van der Waals surface area contributed by atoms with Crippen LogP contribution in [-0.2, 0) is 9.53 Å². The Bertz CT molecular complexity index is 509. The highest BCUT2D eigenvalue weighted by molar-refractivity contribution is 5.97. The van der Waals surface area contributed by atoms with Gasteiger partial charge in [-0.3, -0.25) is 10.1 Å². The maximum absolute atomic E-state index is 11.2. The van der Waals surface area contributed by atoms with E-state index in [1.54, 1.807) is 13.0 Å². The molecule has 17 heavy (non-hydrogen) atoms. The van der Waals surface area contributed by atoms with Crippen molar-refractivity contribution in [2.24, 2.45) is 0 Å². The minimum absolute atomic E-state index is 0.0429. The van der Waals surface area contributed by atoms with Crippen LogP contribution in [0, 0.1) is 21.4 Å². The predicted molar refractivity (Wildman–Crippen MR) is 55.6 cm³/mol. The third kappa shape index (κ3) is 3.17. The zero-order valence-electron chi connectivity index (χ0n) is 8.87. The van der Waals surface area contributed by atoms with Crippen molar-refractivity contribution in [3.8, 4) is 6.07 Å². The van der Waals surface area contributed by atoms with Crippen molar-refractivity contribution in [3.63, 3.8) is 0 Å². The van der Waals surface area contributed by atoms with Crippen LogP contribution >= 0.6 is 0 Å². The van der Waals surface area contributed by atoms with Gasteiger partial charge in [-0.2, -0.15) is 5.26 Å². The van der Waals surface area contributed by atoms with E-state index in [9.17, 15) is 14.9 Å². The summed E-state index contributed by atoms with van der Waals surface area (Å²) in [6, 6.07) is 4.05. The molecule has 0 spiro atoms. The number of ether oxygens (including phenoxy) is 1. The summed E-state index contributed by atoms with van der Waals surface area (Å²) in [5, 5.41) is 19.0. The summed E-state index contributed by atoms with van der Waals surface area (Å²) < 4.78 is 9.39. The van der Waals surface area contributed by atoms with Gasteiger partial charge >= 0.3 is 11.9 Å². The Kier molecular flexibility index (Phi) is 4.00. The van der Waals surface area contributed by atoms with E-state index in [0.717, 1.165) is 12.1 Å². The fourth-order valence-electron chi connectivity index (χ4n) is 1.01. The van der Waals surface area contributed by atoms with Crippen molar-refractivity contribution in [2.75, 3.05) is 6.61 Å². The van der Waals surface area contributed by atoms with Crippen molar-refractivity contribution in [1.29, 1.82) is 5.26 Å². The third-order valence-corrected chi connectivity index (χ3v) is 1.69. The van der Waals surface area contributed by atoms with Crippen LogP contribution in [0.15, 0.2) is 22.1 Å². The molecule has 1 rings (SSSR count). The van der Waals surface area contributed by atoms with Crippen molar-refractivity contribution >= 4 is 17.9 Å². The maximum Gasteiger partial charge on any atom is 0.433 e. The van der Waals surface area contributed by atoms with Gasteiger partial charge in [0.2, 0.25) is 0 Å². The quantitative estimate of drug-likeness (QED) is 0.258. The van der Waals surface area contributed by atoms with Crippen LogP contribution in [0.25, 0.3) is 6.08 Å². The van der Waals surface area contributed by atoms with Crippen molar-refractivity contribution in [2.45, 2.75) is 6.92 Å². The normalized spacial score (nSPS) is 10.7. The Morgan fingerprint density at radius 3 is 2.88 bits per heavy atom. The second-order valence-electron chi connectivity index (χ2n) is 2.82. The van der Waals surface area contributed by atoms with Gasteiger partial charge in [0.05, 0.1) is 12.7 Å². The summed E-state index contributed by atoms with van der Waals surface area (Å²) in [6.07, 6.45) is 1.09. The Morgan fingerprint density at radius 1 is 1.71 bits per heavy atom. The number of nitrogens with zero attached hydrogens (tertiary/aromatic N) is 2. The van der Waals surface area contributed by atoms with E-state index in [4.69, 9.17) is 9.68 Å². The van der Waals surface area contributed by atoms with E-state index in [0.29, 0.717) is 0 Å². The molecule has 88 valence electrons. The van der Waals surface area contributed by atoms with Crippen LogP contribution < -0.4 is 0 Å². The second kappa shape index (κ2) is 5.46. The van der Waals surface area contributed by atoms with E-state index >= 15 is 0 Å². The lowest BCUT2D eigenvalue weighted by Gasteiger charge is -1.97. The second-order valence-corrected chi connectivity index (χ2v) is 2.82. The molecule has 0 aliphatic carbocycles. The minimum atomic E-state index is -0.797. The molecular formula is C10H8N2O5. The fourth-order valence-corrected chi connectivity index (χ4v) is 1.01. The van der Waals surface area contributed by atoms with Gasteiger partial charge in [-0.05, 0) is 13.0 Å². The molecule has 0 fully saturated rings. The first-order valence-corrected chi connectivity index (χ1v) is 4.61. The van der Waals surface area contributed by atoms with Crippen LogP contribution in [0.3, 0.4) is 0 Å². The Labute approximate surface area is 96.0 Å². The highest BCUT2D eigenvalue weighted by atomic mass is 16.6. The summed E-state index contributed by atoms with van der Waals surface area (Å²) in [7, 11) is 0. The molecule has 0 unspecified atom stereocenters. The average molecular weight is 236 g/mol. The summed E-state index contributed by atoms with van der Waals surface area (Å²) in [5.41, 5.74) is -0.281. The van der Waals surface area contributed by atoms with Crippen LogP contribution in [0.4, 0.5) is 5.88 Å².